The average Bonchev–Trinajstić information content (AvgIpc) is 4.18. The van der Waals surface area contributed by atoms with Crippen molar-refractivity contribution >= 4 is 66.6 Å². The number of nitrogens with one attached hydrogen (secondary N) is 2. The average molecular weight is 979 g/mol. The zero-order valence-electron chi connectivity index (χ0n) is 42.9. The zero-order chi connectivity index (χ0) is 51.1. The maximum absolute atomic E-state index is 6.24. The van der Waals surface area contributed by atoms with Gasteiger partial charge in [0.15, 0.2) is 0 Å². The Labute approximate surface area is 442 Å². The second-order valence-electron chi connectivity index (χ2n) is 21.4. The molecule has 11 aromatic carbocycles. The molecule has 4 nitrogen and oxygen atoms in total. The van der Waals surface area contributed by atoms with Crippen LogP contribution in [0.3, 0.4) is 0 Å². The minimum absolute atomic E-state index is 0.00125. The second kappa shape index (κ2) is 17.6. The fraction of sp³-hybridized carbons (Fsp3) is 0.0833. The van der Waals surface area contributed by atoms with E-state index in [0.717, 1.165) is 77.8 Å². The monoisotopic (exact) mass is 978 g/mol. The van der Waals surface area contributed by atoms with Gasteiger partial charge in [0.05, 0.1) is 0 Å². The van der Waals surface area contributed by atoms with Crippen LogP contribution in [0.4, 0.5) is 22.7 Å². The van der Waals surface area contributed by atoms with Crippen LogP contribution in [0.5, 0.6) is 0 Å². The standard InChI is InChI=1S/C39H29NO.C33H25NO/c1-39(2)35-9-5-3-7-31(35)32-21-20-30(24-36(32)39)40-29-18-15-26(16-19-29)25-11-13-27(14-12-25)28-17-22-38-34(23-28)33-8-4-6-10-37(33)41-38;1-33(2)29-12-5-3-8-25(29)26-19-18-23(20-30(26)33)34-22-16-14-21(15-17-22)24-10-7-11-28-27-9-4-6-13-31(27)35-32(24)28/h3-24,40H,1-2H3;3-20,34H,1-2H3. The molecule has 0 saturated carbocycles. The van der Waals surface area contributed by atoms with Gasteiger partial charge >= 0.3 is 0 Å². The Morgan fingerprint density at radius 1 is 0.263 bits per heavy atom. The van der Waals surface area contributed by atoms with Crippen molar-refractivity contribution in [1.82, 2.24) is 0 Å². The molecular weight excluding hydrogens is 925 g/mol. The highest BCUT2D eigenvalue weighted by molar-refractivity contribution is 6.10. The summed E-state index contributed by atoms with van der Waals surface area (Å²) in [6.45, 7) is 9.27. The molecule has 0 saturated heterocycles. The fourth-order valence-corrected chi connectivity index (χ4v) is 12.1. The summed E-state index contributed by atoms with van der Waals surface area (Å²) in [5.74, 6) is 0. The molecule has 2 aliphatic rings. The molecule has 0 bridgehead atoms. The summed E-state index contributed by atoms with van der Waals surface area (Å²) in [5.41, 5.74) is 26.1. The van der Waals surface area contributed by atoms with Gasteiger partial charge in [0.2, 0.25) is 0 Å². The first kappa shape index (κ1) is 45.3. The van der Waals surface area contributed by atoms with Crippen molar-refractivity contribution in [2.45, 2.75) is 38.5 Å². The van der Waals surface area contributed by atoms with Crippen LogP contribution in [-0.4, -0.2) is 0 Å². The number of furan rings is 2. The maximum atomic E-state index is 6.24. The third kappa shape index (κ3) is 7.59. The van der Waals surface area contributed by atoms with Crippen LogP contribution in [0.1, 0.15) is 49.9 Å². The molecule has 76 heavy (non-hydrogen) atoms. The van der Waals surface area contributed by atoms with Crippen molar-refractivity contribution in [3.63, 3.8) is 0 Å². The van der Waals surface area contributed by atoms with Gasteiger partial charge in [-0.3, -0.25) is 0 Å². The minimum Gasteiger partial charge on any atom is -0.456 e. The third-order valence-electron chi connectivity index (χ3n) is 16.2. The van der Waals surface area contributed by atoms with E-state index in [1.165, 1.54) is 66.8 Å². The number of anilines is 4. The van der Waals surface area contributed by atoms with Gasteiger partial charge in [0.1, 0.15) is 22.3 Å². The molecule has 0 amide bonds. The van der Waals surface area contributed by atoms with Crippen LogP contribution >= 0.6 is 0 Å². The lowest BCUT2D eigenvalue weighted by atomic mass is 9.82. The molecule has 2 aliphatic carbocycles. The summed E-state index contributed by atoms with van der Waals surface area (Å²) >= 11 is 0. The van der Waals surface area contributed by atoms with Crippen LogP contribution < -0.4 is 10.6 Å². The van der Waals surface area contributed by atoms with Crippen LogP contribution in [0, 0.1) is 0 Å². The van der Waals surface area contributed by atoms with E-state index in [4.69, 9.17) is 8.83 Å². The van der Waals surface area contributed by atoms with Crippen molar-refractivity contribution in [2.75, 3.05) is 10.6 Å². The van der Waals surface area contributed by atoms with E-state index in [1.54, 1.807) is 0 Å². The predicted octanol–water partition coefficient (Wildman–Crippen LogP) is 20.3. The molecule has 2 heterocycles. The Hall–Kier alpha value is -9.38. The number of benzene rings is 11. The minimum atomic E-state index is -0.00228. The molecule has 15 rings (SSSR count). The van der Waals surface area contributed by atoms with E-state index in [1.807, 2.05) is 24.3 Å². The molecule has 0 atom stereocenters. The van der Waals surface area contributed by atoms with E-state index in [-0.39, 0.29) is 10.8 Å². The maximum Gasteiger partial charge on any atom is 0.143 e. The molecule has 364 valence electrons. The Bertz CT molecular complexity index is 4380. The number of fused-ring (bicyclic) bond motifs is 12. The molecule has 0 spiro atoms. The molecule has 0 unspecified atom stereocenters. The van der Waals surface area contributed by atoms with Crippen molar-refractivity contribution in [1.29, 1.82) is 0 Å². The van der Waals surface area contributed by atoms with E-state index >= 15 is 0 Å². The summed E-state index contributed by atoms with van der Waals surface area (Å²) in [6, 6.07) is 86.4. The van der Waals surface area contributed by atoms with Gasteiger partial charge in [0, 0.05) is 60.7 Å². The number of rotatable bonds is 7. The number of hydrogen-bond acceptors (Lipinski definition) is 4. The molecule has 2 N–H and O–H groups in total. The van der Waals surface area contributed by atoms with Crippen LogP contribution in [0.15, 0.2) is 251 Å². The van der Waals surface area contributed by atoms with E-state index < -0.39 is 0 Å². The van der Waals surface area contributed by atoms with E-state index in [0.29, 0.717) is 0 Å². The molecule has 13 aromatic rings. The molecule has 0 fully saturated rings. The molecule has 2 aromatic heterocycles. The fourth-order valence-electron chi connectivity index (χ4n) is 12.1. The van der Waals surface area contributed by atoms with Crippen LogP contribution in [0.2, 0.25) is 0 Å². The Morgan fingerprint density at radius 2 is 0.658 bits per heavy atom. The van der Waals surface area contributed by atoms with Crippen LogP contribution in [0.25, 0.3) is 99.5 Å². The highest BCUT2D eigenvalue weighted by Crippen LogP contribution is 2.51. The van der Waals surface area contributed by atoms with E-state index in [9.17, 15) is 0 Å². The van der Waals surface area contributed by atoms with Crippen LogP contribution in [-0.2, 0) is 10.8 Å². The first-order valence-electron chi connectivity index (χ1n) is 26.3. The zero-order valence-corrected chi connectivity index (χ0v) is 42.9. The summed E-state index contributed by atoms with van der Waals surface area (Å²) in [7, 11) is 0. The smallest absolute Gasteiger partial charge is 0.143 e. The van der Waals surface area contributed by atoms with Crippen molar-refractivity contribution in [3.8, 4) is 55.6 Å². The molecule has 4 heteroatoms. The molecular formula is C72H54N2O2. The highest BCUT2D eigenvalue weighted by Gasteiger charge is 2.36. The normalized spacial score (nSPS) is 13.5. The topological polar surface area (TPSA) is 50.3 Å². The van der Waals surface area contributed by atoms with Gasteiger partial charge in [-0.25, -0.2) is 0 Å². The summed E-state index contributed by atoms with van der Waals surface area (Å²) in [4.78, 5) is 0. The predicted molar refractivity (Wildman–Crippen MR) is 318 cm³/mol. The largest absolute Gasteiger partial charge is 0.456 e. The van der Waals surface area contributed by atoms with E-state index in [2.05, 4.69) is 257 Å². The lowest BCUT2D eigenvalue weighted by molar-refractivity contribution is 0.660. The summed E-state index contributed by atoms with van der Waals surface area (Å²) < 4.78 is 12.2. The first-order chi connectivity index (χ1) is 37.1. The van der Waals surface area contributed by atoms with Crippen molar-refractivity contribution < 1.29 is 8.83 Å². The summed E-state index contributed by atoms with van der Waals surface area (Å²) in [5, 5.41) is 11.9. The first-order valence-corrected chi connectivity index (χ1v) is 26.3. The summed E-state index contributed by atoms with van der Waals surface area (Å²) in [6.07, 6.45) is 0. The highest BCUT2D eigenvalue weighted by atomic mass is 16.3. The Balaban J connectivity index is 0.000000141. The Morgan fingerprint density at radius 3 is 1.24 bits per heavy atom. The van der Waals surface area contributed by atoms with Crippen molar-refractivity contribution in [2.24, 2.45) is 0 Å². The second-order valence-corrected chi connectivity index (χ2v) is 21.4. The van der Waals surface area contributed by atoms with Gasteiger partial charge in [-0.1, -0.05) is 198 Å². The Kier molecular flexibility index (Phi) is 10.5. The SMILES string of the molecule is CC1(C)c2ccccc2-c2ccc(Nc3ccc(-c4ccc(-c5ccc6oc7ccccc7c6c5)cc4)cc3)cc21.CC1(C)c2ccccc2-c2ccc(Nc3ccc(-c4cccc5c4oc4ccccc45)cc3)cc21. The van der Waals surface area contributed by atoms with Gasteiger partial charge in [-0.2, -0.15) is 0 Å². The third-order valence-corrected chi connectivity index (χ3v) is 16.2. The molecule has 0 aliphatic heterocycles. The lowest BCUT2D eigenvalue weighted by Crippen LogP contribution is -2.15. The quantitative estimate of drug-likeness (QED) is 0.167. The molecule has 0 radical (unpaired) electrons. The van der Waals surface area contributed by atoms with Crippen molar-refractivity contribution in [3.05, 3.63) is 265 Å². The van der Waals surface area contributed by atoms with Gasteiger partial charge in [-0.05, 0) is 145 Å². The van der Waals surface area contributed by atoms with Gasteiger partial charge in [0.25, 0.3) is 0 Å². The van der Waals surface area contributed by atoms with Gasteiger partial charge in [-0.15, -0.1) is 0 Å². The number of hydrogen-bond donors (Lipinski definition) is 2. The number of para-hydroxylation sites is 3. The lowest BCUT2D eigenvalue weighted by Gasteiger charge is -2.22. The van der Waals surface area contributed by atoms with Gasteiger partial charge < -0.3 is 19.5 Å².